The smallest absolute Gasteiger partial charge is 0.123 e. The molecule has 0 radical (unpaired) electrons. The highest BCUT2D eigenvalue weighted by molar-refractivity contribution is 9.10. The van der Waals surface area contributed by atoms with Crippen LogP contribution in [-0.2, 0) is 0 Å². The second kappa shape index (κ2) is 6.31. The van der Waals surface area contributed by atoms with E-state index in [0.29, 0.717) is 0 Å². The van der Waals surface area contributed by atoms with E-state index in [1.165, 1.54) is 6.07 Å². The van der Waals surface area contributed by atoms with Crippen molar-refractivity contribution in [3.8, 4) is 11.1 Å². The molecule has 0 aliphatic rings. The first-order valence-corrected chi connectivity index (χ1v) is 7.20. The van der Waals surface area contributed by atoms with Crippen LogP contribution in [0.5, 0.6) is 0 Å². The van der Waals surface area contributed by atoms with Gasteiger partial charge in [0.1, 0.15) is 5.82 Å². The van der Waals surface area contributed by atoms with Gasteiger partial charge in [0.15, 0.2) is 0 Å². The highest BCUT2D eigenvalue weighted by Gasteiger charge is 2.12. The van der Waals surface area contributed by atoms with Crippen LogP contribution in [0.4, 0.5) is 4.39 Å². The minimum atomic E-state index is -0.203. The first-order chi connectivity index (χ1) is 9.11. The van der Waals surface area contributed by atoms with Gasteiger partial charge in [0.05, 0.1) is 0 Å². The third-order valence-electron chi connectivity index (χ3n) is 3.15. The lowest BCUT2D eigenvalue weighted by Gasteiger charge is -2.17. The molecule has 2 rings (SSSR count). The van der Waals surface area contributed by atoms with Gasteiger partial charge in [-0.3, -0.25) is 0 Å². The standard InChI is InChI=1S/C16H17BrFN/c1-3-19-11(2)15-9-8-14(18)10-16(15)12-4-6-13(17)7-5-12/h4-11,19H,3H2,1-2H3. The Hall–Kier alpha value is -1.19. The lowest BCUT2D eigenvalue weighted by Crippen LogP contribution is -2.18. The van der Waals surface area contributed by atoms with E-state index in [4.69, 9.17) is 0 Å². The third-order valence-corrected chi connectivity index (χ3v) is 3.68. The summed E-state index contributed by atoms with van der Waals surface area (Å²) in [7, 11) is 0. The van der Waals surface area contributed by atoms with Crippen molar-refractivity contribution in [1.29, 1.82) is 0 Å². The molecule has 0 aromatic heterocycles. The molecular formula is C16H17BrFN. The van der Waals surface area contributed by atoms with Gasteiger partial charge in [-0.15, -0.1) is 0 Å². The minimum Gasteiger partial charge on any atom is -0.310 e. The molecule has 0 aliphatic heterocycles. The molecule has 3 heteroatoms. The van der Waals surface area contributed by atoms with Crippen LogP contribution < -0.4 is 5.32 Å². The van der Waals surface area contributed by atoms with Gasteiger partial charge in [0.25, 0.3) is 0 Å². The van der Waals surface area contributed by atoms with Gasteiger partial charge in [-0.2, -0.15) is 0 Å². The van der Waals surface area contributed by atoms with E-state index >= 15 is 0 Å². The summed E-state index contributed by atoms with van der Waals surface area (Å²) >= 11 is 3.42. The van der Waals surface area contributed by atoms with Crippen LogP contribution in [0.1, 0.15) is 25.5 Å². The normalized spacial score (nSPS) is 12.4. The predicted octanol–water partition coefficient (Wildman–Crippen LogP) is 4.93. The average Bonchev–Trinajstić information content (AvgIpc) is 2.39. The van der Waals surface area contributed by atoms with E-state index in [9.17, 15) is 4.39 Å². The van der Waals surface area contributed by atoms with Crippen LogP contribution in [0, 0.1) is 5.82 Å². The maximum atomic E-state index is 13.5. The molecule has 1 unspecified atom stereocenters. The number of rotatable bonds is 4. The number of hydrogen-bond donors (Lipinski definition) is 1. The summed E-state index contributed by atoms with van der Waals surface area (Å²) in [4.78, 5) is 0. The monoisotopic (exact) mass is 321 g/mol. The molecule has 1 N–H and O–H groups in total. The summed E-state index contributed by atoms with van der Waals surface area (Å²) in [6.07, 6.45) is 0. The molecule has 0 saturated carbocycles. The minimum absolute atomic E-state index is 0.198. The summed E-state index contributed by atoms with van der Waals surface area (Å²) in [5.74, 6) is -0.203. The van der Waals surface area contributed by atoms with Crippen LogP contribution >= 0.6 is 15.9 Å². The topological polar surface area (TPSA) is 12.0 Å². The molecule has 2 aromatic carbocycles. The average molecular weight is 322 g/mol. The lowest BCUT2D eigenvalue weighted by atomic mass is 9.95. The molecule has 1 atom stereocenters. The second-order valence-electron chi connectivity index (χ2n) is 4.52. The van der Waals surface area contributed by atoms with Gasteiger partial charge in [0, 0.05) is 10.5 Å². The fourth-order valence-electron chi connectivity index (χ4n) is 2.20. The van der Waals surface area contributed by atoms with Crippen LogP contribution in [0.3, 0.4) is 0 Å². The summed E-state index contributed by atoms with van der Waals surface area (Å²) in [5, 5.41) is 3.37. The Morgan fingerprint density at radius 2 is 1.84 bits per heavy atom. The SMILES string of the molecule is CCNC(C)c1ccc(F)cc1-c1ccc(Br)cc1. The quantitative estimate of drug-likeness (QED) is 0.842. The Kier molecular flexibility index (Phi) is 4.72. The third kappa shape index (κ3) is 3.43. The van der Waals surface area contributed by atoms with Crippen molar-refractivity contribution in [3.63, 3.8) is 0 Å². The molecule has 0 spiro atoms. The summed E-state index contributed by atoms with van der Waals surface area (Å²) < 4.78 is 14.6. The number of benzene rings is 2. The Balaban J connectivity index is 2.48. The largest absolute Gasteiger partial charge is 0.310 e. The van der Waals surface area contributed by atoms with Crippen molar-refractivity contribution in [1.82, 2.24) is 5.32 Å². The maximum absolute atomic E-state index is 13.5. The molecular weight excluding hydrogens is 305 g/mol. The molecule has 0 amide bonds. The van der Waals surface area contributed by atoms with Crippen LogP contribution in [0.15, 0.2) is 46.9 Å². The molecule has 0 heterocycles. The molecule has 0 fully saturated rings. The van der Waals surface area contributed by atoms with Crippen molar-refractivity contribution in [2.24, 2.45) is 0 Å². The van der Waals surface area contributed by atoms with Gasteiger partial charge < -0.3 is 5.32 Å². The van der Waals surface area contributed by atoms with E-state index in [1.54, 1.807) is 6.07 Å². The van der Waals surface area contributed by atoms with E-state index in [0.717, 1.165) is 27.7 Å². The molecule has 0 aliphatic carbocycles. The van der Waals surface area contributed by atoms with Crippen LogP contribution in [-0.4, -0.2) is 6.54 Å². The summed E-state index contributed by atoms with van der Waals surface area (Å²) in [5.41, 5.74) is 3.09. The zero-order chi connectivity index (χ0) is 13.8. The van der Waals surface area contributed by atoms with E-state index < -0.39 is 0 Å². The van der Waals surface area contributed by atoms with Gasteiger partial charge in [-0.25, -0.2) is 4.39 Å². The Morgan fingerprint density at radius 3 is 2.47 bits per heavy atom. The number of halogens is 2. The fraction of sp³-hybridized carbons (Fsp3) is 0.250. The maximum Gasteiger partial charge on any atom is 0.123 e. The molecule has 1 nitrogen and oxygen atoms in total. The zero-order valence-corrected chi connectivity index (χ0v) is 12.7. The van der Waals surface area contributed by atoms with Gasteiger partial charge in [0.2, 0.25) is 0 Å². The lowest BCUT2D eigenvalue weighted by molar-refractivity contribution is 0.593. The number of hydrogen-bond acceptors (Lipinski definition) is 1. The van der Waals surface area contributed by atoms with Crippen molar-refractivity contribution < 1.29 is 4.39 Å². The fourth-order valence-corrected chi connectivity index (χ4v) is 2.47. The molecule has 100 valence electrons. The van der Waals surface area contributed by atoms with Crippen molar-refractivity contribution in [2.75, 3.05) is 6.54 Å². The van der Waals surface area contributed by atoms with Crippen molar-refractivity contribution >= 4 is 15.9 Å². The van der Waals surface area contributed by atoms with Gasteiger partial charge in [-0.05, 0) is 54.4 Å². The zero-order valence-electron chi connectivity index (χ0n) is 11.1. The first-order valence-electron chi connectivity index (χ1n) is 6.40. The molecule has 0 saturated heterocycles. The molecule has 19 heavy (non-hydrogen) atoms. The van der Waals surface area contributed by atoms with Gasteiger partial charge >= 0.3 is 0 Å². The molecule has 0 bridgehead atoms. The molecule has 2 aromatic rings. The van der Waals surface area contributed by atoms with Crippen LogP contribution in [0.2, 0.25) is 0 Å². The van der Waals surface area contributed by atoms with E-state index in [2.05, 4.69) is 35.1 Å². The summed E-state index contributed by atoms with van der Waals surface area (Å²) in [6, 6.07) is 13.1. The van der Waals surface area contributed by atoms with Crippen LogP contribution in [0.25, 0.3) is 11.1 Å². The highest BCUT2D eigenvalue weighted by atomic mass is 79.9. The van der Waals surface area contributed by atoms with Crippen molar-refractivity contribution in [3.05, 3.63) is 58.3 Å². The van der Waals surface area contributed by atoms with Gasteiger partial charge in [-0.1, -0.05) is 41.1 Å². The Bertz CT molecular complexity index is 551. The first kappa shape index (κ1) is 14.2. The number of nitrogens with one attached hydrogen (secondary N) is 1. The van der Waals surface area contributed by atoms with E-state index in [1.807, 2.05) is 30.3 Å². The predicted molar refractivity (Wildman–Crippen MR) is 81.6 cm³/mol. The summed E-state index contributed by atoms with van der Waals surface area (Å²) in [6.45, 7) is 5.05. The van der Waals surface area contributed by atoms with Crippen molar-refractivity contribution in [2.45, 2.75) is 19.9 Å². The second-order valence-corrected chi connectivity index (χ2v) is 5.43. The highest BCUT2D eigenvalue weighted by Crippen LogP contribution is 2.30. The Morgan fingerprint density at radius 1 is 1.16 bits per heavy atom. The Labute approximate surface area is 122 Å². The van der Waals surface area contributed by atoms with E-state index in [-0.39, 0.29) is 11.9 Å².